The summed E-state index contributed by atoms with van der Waals surface area (Å²) in [5.74, 6) is -0.135. The highest BCUT2D eigenvalue weighted by Gasteiger charge is 2.16. The molecule has 0 atom stereocenters. The third-order valence-corrected chi connectivity index (χ3v) is 5.59. The quantitative estimate of drug-likeness (QED) is 0.837. The Morgan fingerprint density at radius 2 is 1.67 bits per heavy atom. The van der Waals surface area contributed by atoms with Crippen molar-refractivity contribution in [2.75, 3.05) is 23.7 Å². The average molecular weight is 346 g/mol. The summed E-state index contributed by atoms with van der Waals surface area (Å²) in [6, 6.07) is 16.5. The molecule has 0 saturated heterocycles. The molecule has 0 aromatic heterocycles. The van der Waals surface area contributed by atoms with Gasteiger partial charge in [-0.25, -0.2) is 8.42 Å². The van der Waals surface area contributed by atoms with Gasteiger partial charge in [0.25, 0.3) is 5.91 Å². The van der Waals surface area contributed by atoms with E-state index >= 15 is 0 Å². The van der Waals surface area contributed by atoms with E-state index in [1.54, 1.807) is 31.2 Å². The molecule has 0 heterocycles. The molecule has 2 aromatic carbocycles. The van der Waals surface area contributed by atoms with E-state index in [1.165, 1.54) is 16.9 Å². The fourth-order valence-corrected chi connectivity index (χ4v) is 3.07. The molecule has 0 saturated carbocycles. The normalized spacial score (nSPS) is 11.1. The van der Waals surface area contributed by atoms with Gasteiger partial charge < -0.3 is 5.32 Å². The number of nitrogens with zero attached hydrogens (tertiary/aromatic N) is 1. The van der Waals surface area contributed by atoms with Crippen LogP contribution in [0.3, 0.4) is 0 Å². The van der Waals surface area contributed by atoms with Crippen molar-refractivity contribution < 1.29 is 13.2 Å². The van der Waals surface area contributed by atoms with E-state index in [2.05, 4.69) is 5.32 Å². The Labute approximate surface area is 143 Å². The largest absolute Gasteiger partial charge is 0.352 e. The summed E-state index contributed by atoms with van der Waals surface area (Å²) in [6.07, 6.45) is 0.766. The summed E-state index contributed by atoms with van der Waals surface area (Å²) in [7, 11) is -1.79. The van der Waals surface area contributed by atoms with Crippen molar-refractivity contribution in [2.45, 2.75) is 13.3 Å². The number of rotatable bonds is 7. The van der Waals surface area contributed by atoms with E-state index in [0.29, 0.717) is 17.8 Å². The third kappa shape index (κ3) is 4.58. The van der Waals surface area contributed by atoms with E-state index in [0.717, 1.165) is 6.42 Å². The van der Waals surface area contributed by atoms with Crippen LogP contribution in [-0.4, -0.2) is 33.7 Å². The third-order valence-electron chi connectivity index (χ3n) is 3.82. The van der Waals surface area contributed by atoms with Gasteiger partial charge in [0.1, 0.15) is 0 Å². The Balaban J connectivity index is 1.94. The molecule has 24 heavy (non-hydrogen) atoms. The molecule has 0 unspecified atom stereocenters. The minimum Gasteiger partial charge on any atom is -0.352 e. The zero-order valence-electron chi connectivity index (χ0n) is 13.9. The molecule has 0 radical (unpaired) electrons. The number of benzene rings is 2. The first-order valence-electron chi connectivity index (χ1n) is 7.83. The van der Waals surface area contributed by atoms with Crippen molar-refractivity contribution in [3.05, 3.63) is 65.7 Å². The minimum absolute atomic E-state index is 0.0330. The second-order valence-corrected chi connectivity index (χ2v) is 7.70. The molecule has 0 aliphatic carbocycles. The maximum absolute atomic E-state index is 12.1. The molecule has 2 rings (SSSR count). The summed E-state index contributed by atoms with van der Waals surface area (Å²) in [5, 5.41) is 2.87. The molecule has 0 fully saturated rings. The predicted molar refractivity (Wildman–Crippen MR) is 96.8 cm³/mol. The highest BCUT2D eigenvalue weighted by molar-refractivity contribution is 7.92. The maximum atomic E-state index is 12.1. The number of carbonyl (C=O) groups excluding carboxylic acids is 1. The number of hydrogen-bond donors (Lipinski definition) is 1. The zero-order chi connectivity index (χ0) is 17.6. The van der Waals surface area contributed by atoms with Gasteiger partial charge in [-0.05, 0) is 43.2 Å². The van der Waals surface area contributed by atoms with Crippen LogP contribution in [0.4, 0.5) is 5.69 Å². The highest BCUT2D eigenvalue weighted by Crippen LogP contribution is 2.17. The van der Waals surface area contributed by atoms with E-state index in [-0.39, 0.29) is 11.7 Å². The zero-order valence-corrected chi connectivity index (χ0v) is 14.7. The Bertz CT molecular complexity index is 772. The van der Waals surface area contributed by atoms with Crippen LogP contribution < -0.4 is 9.62 Å². The van der Waals surface area contributed by atoms with Gasteiger partial charge in [-0.3, -0.25) is 9.10 Å². The van der Waals surface area contributed by atoms with Crippen LogP contribution in [0.2, 0.25) is 0 Å². The van der Waals surface area contributed by atoms with E-state index < -0.39 is 10.0 Å². The van der Waals surface area contributed by atoms with E-state index in [1.807, 2.05) is 30.3 Å². The van der Waals surface area contributed by atoms with Gasteiger partial charge in [0.15, 0.2) is 0 Å². The molecular weight excluding hydrogens is 324 g/mol. The number of anilines is 1. The molecule has 0 aliphatic rings. The Kier molecular flexibility index (Phi) is 5.98. The van der Waals surface area contributed by atoms with Gasteiger partial charge in [0.05, 0.1) is 11.4 Å². The van der Waals surface area contributed by atoms with Gasteiger partial charge in [-0.2, -0.15) is 0 Å². The second-order valence-electron chi connectivity index (χ2n) is 5.41. The van der Waals surface area contributed by atoms with Crippen LogP contribution in [0.15, 0.2) is 54.6 Å². The van der Waals surface area contributed by atoms with Crippen molar-refractivity contribution in [2.24, 2.45) is 0 Å². The predicted octanol–water partition coefficient (Wildman–Crippen LogP) is 2.45. The molecule has 0 aliphatic heterocycles. The lowest BCUT2D eigenvalue weighted by Gasteiger charge is -2.18. The van der Waals surface area contributed by atoms with Crippen LogP contribution >= 0.6 is 0 Å². The first kappa shape index (κ1) is 18.0. The van der Waals surface area contributed by atoms with Crippen LogP contribution in [0.25, 0.3) is 0 Å². The van der Waals surface area contributed by atoms with Crippen molar-refractivity contribution in [1.29, 1.82) is 0 Å². The van der Waals surface area contributed by atoms with Crippen molar-refractivity contribution in [1.82, 2.24) is 5.32 Å². The summed E-state index contributed by atoms with van der Waals surface area (Å²) >= 11 is 0. The van der Waals surface area contributed by atoms with Crippen molar-refractivity contribution in [3.8, 4) is 0 Å². The van der Waals surface area contributed by atoms with Gasteiger partial charge >= 0.3 is 0 Å². The van der Waals surface area contributed by atoms with Crippen LogP contribution in [0.5, 0.6) is 0 Å². The number of amides is 1. The smallest absolute Gasteiger partial charge is 0.251 e. The second kappa shape index (κ2) is 7.97. The van der Waals surface area contributed by atoms with Crippen LogP contribution in [0.1, 0.15) is 22.8 Å². The van der Waals surface area contributed by atoms with Gasteiger partial charge in [0, 0.05) is 19.2 Å². The molecule has 6 heteroatoms. The van der Waals surface area contributed by atoms with Crippen molar-refractivity contribution >= 4 is 21.6 Å². The fraction of sp³-hybridized carbons (Fsp3) is 0.278. The SMILES string of the molecule is CCS(=O)(=O)N(C)c1ccc(C(=O)NCCc2ccccc2)cc1. The molecule has 2 aromatic rings. The van der Waals surface area contributed by atoms with Gasteiger partial charge in [-0.1, -0.05) is 30.3 Å². The number of hydrogen-bond acceptors (Lipinski definition) is 3. The molecule has 128 valence electrons. The lowest BCUT2D eigenvalue weighted by Crippen LogP contribution is -2.28. The van der Waals surface area contributed by atoms with Crippen LogP contribution in [0, 0.1) is 0 Å². The number of nitrogens with one attached hydrogen (secondary N) is 1. The summed E-state index contributed by atoms with van der Waals surface area (Å²) in [5.41, 5.74) is 2.21. The lowest BCUT2D eigenvalue weighted by molar-refractivity contribution is 0.0954. The molecule has 0 spiro atoms. The van der Waals surface area contributed by atoms with Gasteiger partial charge in [-0.15, -0.1) is 0 Å². The summed E-state index contributed by atoms with van der Waals surface area (Å²) < 4.78 is 24.9. The Morgan fingerprint density at radius 3 is 2.25 bits per heavy atom. The molecule has 5 nitrogen and oxygen atoms in total. The van der Waals surface area contributed by atoms with E-state index in [4.69, 9.17) is 0 Å². The standard InChI is InChI=1S/C18H22N2O3S/c1-3-24(22,23)20(2)17-11-9-16(10-12-17)18(21)19-14-13-15-7-5-4-6-8-15/h4-12H,3,13-14H2,1-2H3,(H,19,21). The molecular formula is C18H22N2O3S. The monoisotopic (exact) mass is 346 g/mol. The number of sulfonamides is 1. The molecule has 0 bridgehead atoms. The van der Waals surface area contributed by atoms with Crippen molar-refractivity contribution in [3.63, 3.8) is 0 Å². The van der Waals surface area contributed by atoms with Crippen LogP contribution in [-0.2, 0) is 16.4 Å². The number of carbonyl (C=O) groups is 1. The molecule has 1 amide bonds. The fourth-order valence-electron chi connectivity index (χ4n) is 2.24. The van der Waals surface area contributed by atoms with E-state index in [9.17, 15) is 13.2 Å². The Hall–Kier alpha value is -2.34. The summed E-state index contributed by atoms with van der Waals surface area (Å²) in [6.45, 7) is 2.15. The Morgan fingerprint density at radius 1 is 1.04 bits per heavy atom. The first-order valence-corrected chi connectivity index (χ1v) is 9.43. The maximum Gasteiger partial charge on any atom is 0.251 e. The first-order chi connectivity index (χ1) is 11.4. The highest BCUT2D eigenvalue weighted by atomic mass is 32.2. The average Bonchev–Trinajstić information content (AvgIpc) is 2.62. The topological polar surface area (TPSA) is 66.5 Å². The summed E-state index contributed by atoms with van der Waals surface area (Å²) in [4.78, 5) is 12.1. The minimum atomic E-state index is -3.30. The lowest BCUT2D eigenvalue weighted by atomic mass is 10.1. The van der Waals surface area contributed by atoms with Gasteiger partial charge in [0.2, 0.25) is 10.0 Å². The molecule has 1 N–H and O–H groups in total.